The van der Waals surface area contributed by atoms with Gasteiger partial charge in [0.05, 0.1) is 16.8 Å². The van der Waals surface area contributed by atoms with Crippen molar-refractivity contribution in [3.05, 3.63) is 113 Å². The monoisotopic (exact) mass is 528 g/mol. The molecule has 1 heterocycles. The first kappa shape index (κ1) is 26.9. The first-order valence-corrected chi connectivity index (χ1v) is 13.8. The summed E-state index contributed by atoms with van der Waals surface area (Å²) in [5, 5.41) is 4.16. The molecule has 4 aromatic rings. The van der Waals surface area contributed by atoms with Crippen LogP contribution in [0.4, 0.5) is 5.69 Å². The number of amides is 1. The number of nitrogens with one attached hydrogen (secondary N) is 1. The number of sulfonamides is 1. The minimum atomic E-state index is -3.99. The molecule has 7 nitrogen and oxygen atoms in total. The zero-order chi connectivity index (χ0) is 27.4. The van der Waals surface area contributed by atoms with Gasteiger partial charge in [-0.05, 0) is 81.6 Å². The van der Waals surface area contributed by atoms with E-state index in [0.29, 0.717) is 5.69 Å². The number of carbonyl (C=O) groups excluding carboxylic acids is 1. The molecule has 1 aromatic heterocycles. The standard InChI is InChI=1S/C30H32N4O3S/c1-21-15-16-23(3)29(17-21)33(38(36,37)27-12-7-6-8-13-27)20-30(35)32-31-19-26-18-24(4)34(25(26)5)28-14-10-9-11-22(28)2/h6-19H,20H2,1-5H3,(H,32,35)/b31-19+. The van der Waals surface area contributed by atoms with Crippen molar-refractivity contribution in [1.29, 1.82) is 0 Å². The largest absolute Gasteiger partial charge is 0.318 e. The Morgan fingerprint density at radius 2 is 1.58 bits per heavy atom. The van der Waals surface area contributed by atoms with Crippen LogP contribution in [0.5, 0.6) is 0 Å². The van der Waals surface area contributed by atoms with Crippen molar-refractivity contribution in [2.24, 2.45) is 5.10 Å². The van der Waals surface area contributed by atoms with E-state index < -0.39 is 22.5 Å². The molecule has 3 aromatic carbocycles. The summed E-state index contributed by atoms with van der Waals surface area (Å²) in [6.07, 6.45) is 1.59. The van der Waals surface area contributed by atoms with Crippen LogP contribution in [0.2, 0.25) is 0 Å². The van der Waals surface area contributed by atoms with Crippen molar-refractivity contribution in [2.45, 2.75) is 39.5 Å². The Bertz CT molecular complexity index is 1610. The summed E-state index contributed by atoms with van der Waals surface area (Å²) in [4.78, 5) is 13.1. The predicted molar refractivity (Wildman–Crippen MR) is 153 cm³/mol. The molecule has 0 saturated carbocycles. The van der Waals surface area contributed by atoms with Crippen molar-refractivity contribution in [2.75, 3.05) is 10.8 Å². The van der Waals surface area contributed by atoms with Gasteiger partial charge in [-0.15, -0.1) is 0 Å². The SMILES string of the molecule is Cc1ccc(C)c(N(CC(=O)N/N=C/c2cc(C)n(-c3ccccc3C)c2C)S(=O)(=O)c2ccccc2)c1. The minimum absolute atomic E-state index is 0.112. The lowest BCUT2D eigenvalue weighted by Crippen LogP contribution is -2.40. The molecular weight excluding hydrogens is 496 g/mol. The molecule has 196 valence electrons. The summed E-state index contributed by atoms with van der Waals surface area (Å²) < 4.78 is 30.4. The summed E-state index contributed by atoms with van der Waals surface area (Å²) in [5.41, 5.74) is 9.72. The Balaban J connectivity index is 1.58. The molecule has 0 radical (unpaired) electrons. The first-order valence-electron chi connectivity index (χ1n) is 12.3. The number of benzene rings is 3. The van der Waals surface area contributed by atoms with Crippen molar-refractivity contribution < 1.29 is 13.2 Å². The maximum Gasteiger partial charge on any atom is 0.264 e. The molecule has 0 bridgehead atoms. The van der Waals surface area contributed by atoms with Gasteiger partial charge < -0.3 is 4.57 Å². The quantitative estimate of drug-likeness (QED) is 0.247. The number of aromatic nitrogens is 1. The average molecular weight is 529 g/mol. The van der Waals surface area contributed by atoms with E-state index >= 15 is 0 Å². The van der Waals surface area contributed by atoms with Crippen molar-refractivity contribution in [3.8, 4) is 5.69 Å². The molecule has 1 amide bonds. The molecule has 0 aliphatic heterocycles. The van der Waals surface area contributed by atoms with Gasteiger partial charge in [0, 0.05) is 22.6 Å². The van der Waals surface area contributed by atoms with E-state index in [-0.39, 0.29) is 4.90 Å². The fourth-order valence-electron chi connectivity index (χ4n) is 4.45. The number of hydrogen-bond donors (Lipinski definition) is 1. The summed E-state index contributed by atoms with van der Waals surface area (Å²) in [7, 11) is -3.99. The zero-order valence-electron chi connectivity index (χ0n) is 22.3. The van der Waals surface area contributed by atoms with Crippen molar-refractivity contribution in [1.82, 2.24) is 9.99 Å². The van der Waals surface area contributed by atoms with E-state index in [0.717, 1.165) is 43.6 Å². The molecule has 1 N–H and O–H groups in total. The number of carbonyl (C=O) groups is 1. The second-order valence-corrected chi connectivity index (χ2v) is 11.2. The molecular formula is C30H32N4O3S. The van der Waals surface area contributed by atoms with Crippen LogP contribution >= 0.6 is 0 Å². The zero-order valence-corrected chi connectivity index (χ0v) is 23.1. The van der Waals surface area contributed by atoms with Gasteiger partial charge in [-0.2, -0.15) is 5.10 Å². The van der Waals surface area contributed by atoms with Gasteiger partial charge in [0.2, 0.25) is 0 Å². The van der Waals surface area contributed by atoms with E-state index in [4.69, 9.17) is 0 Å². The second-order valence-electron chi connectivity index (χ2n) is 9.36. The molecule has 4 rings (SSSR count). The third-order valence-corrected chi connectivity index (χ3v) is 8.25. The predicted octanol–water partition coefficient (Wildman–Crippen LogP) is 5.37. The molecule has 0 unspecified atom stereocenters. The van der Waals surface area contributed by atoms with Gasteiger partial charge in [0.15, 0.2) is 0 Å². The summed E-state index contributed by atoms with van der Waals surface area (Å²) in [6.45, 7) is 9.37. The van der Waals surface area contributed by atoms with Gasteiger partial charge in [0.25, 0.3) is 15.9 Å². The highest BCUT2D eigenvalue weighted by atomic mass is 32.2. The van der Waals surface area contributed by atoms with E-state index in [9.17, 15) is 13.2 Å². The van der Waals surface area contributed by atoms with Gasteiger partial charge >= 0.3 is 0 Å². The lowest BCUT2D eigenvalue weighted by Gasteiger charge is -2.25. The third kappa shape index (κ3) is 5.55. The third-order valence-electron chi connectivity index (χ3n) is 6.47. The minimum Gasteiger partial charge on any atom is -0.318 e. The maximum atomic E-state index is 13.6. The molecule has 38 heavy (non-hydrogen) atoms. The van der Waals surface area contributed by atoms with E-state index in [1.54, 1.807) is 30.5 Å². The van der Waals surface area contributed by atoms with Crippen LogP contribution in [0.25, 0.3) is 5.69 Å². The van der Waals surface area contributed by atoms with Crippen molar-refractivity contribution >= 4 is 27.8 Å². The Labute approximate surface area is 224 Å². The topological polar surface area (TPSA) is 83.8 Å². The summed E-state index contributed by atoms with van der Waals surface area (Å²) in [6, 6.07) is 23.8. The molecule has 0 aliphatic rings. The van der Waals surface area contributed by atoms with Crippen LogP contribution in [0, 0.1) is 34.6 Å². The highest BCUT2D eigenvalue weighted by molar-refractivity contribution is 7.92. The Morgan fingerprint density at radius 3 is 2.29 bits per heavy atom. The highest BCUT2D eigenvalue weighted by Crippen LogP contribution is 2.28. The number of aryl methyl sites for hydroxylation is 4. The number of hydrogen-bond acceptors (Lipinski definition) is 4. The molecule has 0 spiro atoms. The Hall–Kier alpha value is -4.17. The van der Waals surface area contributed by atoms with Crippen LogP contribution in [0.1, 0.15) is 33.6 Å². The molecule has 0 fully saturated rings. The van der Waals surface area contributed by atoms with Crippen LogP contribution in [0.3, 0.4) is 0 Å². The fourth-order valence-corrected chi connectivity index (χ4v) is 5.95. The van der Waals surface area contributed by atoms with Gasteiger partial charge in [-0.3, -0.25) is 9.10 Å². The van der Waals surface area contributed by atoms with Crippen LogP contribution in [-0.2, 0) is 14.8 Å². The number of para-hydroxylation sites is 1. The van der Waals surface area contributed by atoms with Gasteiger partial charge in [-0.25, -0.2) is 13.8 Å². The molecule has 8 heteroatoms. The Morgan fingerprint density at radius 1 is 0.895 bits per heavy atom. The number of anilines is 1. The molecule has 0 aliphatic carbocycles. The van der Waals surface area contributed by atoms with Crippen LogP contribution in [-0.4, -0.2) is 31.7 Å². The first-order chi connectivity index (χ1) is 18.1. The summed E-state index contributed by atoms with van der Waals surface area (Å²) >= 11 is 0. The lowest BCUT2D eigenvalue weighted by molar-refractivity contribution is -0.119. The molecule has 0 atom stereocenters. The van der Waals surface area contributed by atoms with E-state index in [1.807, 2.05) is 58.0 Å². The lowest BCUT2D eigenvalue weighted by atomic mass is 10.1. The second kappa shape index (κ2) is 11.1. The van der Waals surface area contributed by atoms with E-state index in [2.05, 4.69) is 34.2 Å². The fraction of sp³-hybridized carbons (Fsp3) is 0.200. The number of rotatable bonds is 8. The van der Waals surface area contributed by atoms with Crippen molar-refractivity contribution in [3.63, 3.8) is 0 Å². The average Bonchev–Trinajstić information content (AvgIpc) is 3.17. The molecule has 0 saturated heterocycles. The number of hydrazone groups is 1. The van der Waals surface area contributed by atoms with Gasteiger partial charge in [0.1, 0.15) is 6.54 Å². The Kier molecular flexibility index (Phi) is 7.83. The smallest absolute Gasteiger partial charge is 0.264 e. The number of nitrogens with zero attached hydrogens (tertiary/aromatic N) is 3. The highest BCUT2D eigenvalue weighted by Gasteiger charge is 2.28. The van der Waals surface area contributed by atoms with Crippen LogP contribution in [0.15, 0.2) is 88.9 Å². The van der Waals surface area contributed by atoms with Crippen LogP contribution < -0.4 is 9.73 Å². The van der Waals surface area contributed by atoms with E-state index in [1.165, 1.54) is 12.1 Å². The summed E-state index contributed by atoms with van der Waals surface area (Å²) in [5.74, 6) is -0.547. The normalized spacial score (nSPS) is 11.6. The van der Waals surface area contributed by atoms with Gasteiger partial charge in [-0.1, -0.05) is 48.5 Å². The maximum absolute atomic E-state index is 13.6.